The number of hydrogen-bond acceptors (Lipinski definition) is 5. The first-order valence-electron chi connectivity index (χ1n) is 9.15. The van der Waals surface area contributed by atoms with E-state index in [1.165, 1.54) is 0 Å². The number of furan rings is 1. The van der Waals surface area contributed by atoms with Gasteiger partial charge in [-0.1, -0.05) is 0 Å². The third-order valence-corrected chi connectivity index (χ3v) is 4.48. The zero-order chi connectivity index (χ0) is 20.1. The van der Waals surface area contributed by atoms with Crippen molar-refractivity contribution >= 4 is 5.91 Å². The first-order chi connectivity index (χ1) is 13.5. The molecule has 0 unspecified atom stereocenters. The predicted octanol–water partition coefficient (Wildman–Crippen LogP) is 3.57. The third-order valence-electron chi connectivity index (χ3n) is 4.48. The van der Waals surface area contributed by atoms with Crippen LogP contribution in [0.2, 0.25) is 0 Å². The fourth-order valence-corrected chi connectivity index (χ4v) is 2.74. The van der Waals surface area contributed by atoms with Crippen molar-refractivity contribution in [3.05, 3.63) is 65.4 Å². The van der Waals surface area contributed by atoms with Crippen LogP contribution in [-0.2, 0) is 20.2 Å². The lowest BCUT2D eigenvalue weighted by Crippen LogP contribution is -2.26. The Morgan fingerprint density at radius 1 is 1.14 bits per heavy atom. The fourth-order valence-electron chi connectivity index (χ4n) is 2.74. The van der Waals surface area contributed by atoms with Gasteiger partial charge in [-0.25, -0.2) is 0 Å². The van der Waals surface area contributed by atoms with Gasteiger partial charge in [0.1, 0.15) is 23.9 Å². The number of amides is 1. The molecule has 1 amide bonds. The van der Waals surface area contributed by atoms with Gasteiger partial charge in [0.2, 0.25) is 0 Å². The van der Waals surface area contributed by atoms with Gasteiger partial charge in [-0.15, -0.1) is 0 Å². The van der Waals surface area contributed by atoms with Gasteiger partial charge in [-0.3, -0.25) is 9.48 Å². The van der Waals surface area contributed by atoms with Gasteiger partial charge in [0.25, 0.3) is 5.91 Å². The first-order valence-corrected chi connectivity index (χ1v) is 9.15. The van der Waals surface area contributed by atoms with E-state index in [1.54, 1.807) is 35.0 Å². The highest BCUT2D eigenvalue weighted by Crippen LogP contribution is 2.20. The molecule has 0 fully saturated rings. The summed E-state index contributed by atoms with van der Waals surface area (Å²) in [7, 11) is 3.62. The molecule has 28 heavy (non-hydrogen) atoms. The van der Waals surface area contributed by atoms with Crippen molar-refractivity contribution in [2.24, 2.45) is 7.05 Å². The van der Waals surface area contributed by atoms with Crippen LogP contribution in [-0.4, -0.2) is 34.2 Å². The smallest absolute Gasteiger partial charge is 0.289 e. The molecule has 3 aromatic rings. The average Bonchev–Trinajstić information content (AvgIpc) is 3.29. The molecule has 0 aliphatic heterocycles. The number of rotatable bonds is 8. The Balaban J connectivity index is 1.56. The first kappa shape index (κ1) is 19.5. The molecule has 1 aromatic carbocycles. The molecule has 0 radical (unpaired) electrons. The van der Waals surface area contributed by atoms with E-state index >= 15 is 0 Å². The van der Waals surface area contributed by atoms with E-state index in [4.69, 9.17) is 13.9 Å². The Hall–Kier alpha value is -3.22. The molecular formula is C21H25N3O4. The summed E-state index contributed by atoms with van der Waals surface area (Å²) < 4.78 is 18.6. The molecular weight excluding hydrogens is 358 g/mol. The van der Waals surface area contributed by atoms with Crippen molar-refractivity contribution in [3.63, 3.8) is 0 Å². The molecule has 0 atom stereocenters. The SMILES string of the molecule is CCOc1ccc(OCc2ccc(C(=O)N(C)Cc3cnn(C)c3C)o2)cc1. The van der Waals surface area contributed by atoms with Gasteiger partial charge in [-0.2, -0.15) is 5.10 Å². The van der Waals surface area contributed by atoms with Crippen LogP contribution in [0.1, 0.15) is 34.5 Å². The van der Waals surface area contributed by atoms with Crippen LogP contribution in [0.5, 0.6) is 11.5 Å². The highest BCUT2D eigenvalue weighted by molar-refractivity contribution is 5.91. The van der Waals surface area contributed by atoms with E-state index in [0.717, 1.165) is 17.0 Å². The van der Waals surface area contributed by atoms with Crippen LogP contribution in [0, 0.1) is 6.92 Å². The molecule has 148 valence electrons. The minimum Gasteiger partial charge on any atom is -0.494 e. The van der Waals surface area contributed by atoms with Gasteiger partial charge in [0.05, 0.1) is 12.8 Å². The van der Waals surface area contributed by atoms with Crippen LogP contribution in [0.15, 0.2) is 47.0 Å². The van der Waals surface area contributed by atoms with E-state index in [2.05, 4.69) is 5.10 Å². The van der Waals surface area contributed by atoms with E-state index in [0.29, 0.717) is 24.7 Å². The number of aromatic nitrogens is 2. The van der Waals surface area contributed by atoms with Crippen molar-refractivity contribution in [2.45, 2.75) is 27.0 Å². The summed E-state index contributed by atoms with van der Waals surface area (Å²) in [6.07, 6.45) is 1.78. The second-order valence-electron chi connectivity index (χ2n) is 6.50. The van der Waals surface area contributed by atoms with Gasteiger partial charge in [0.15, 0.2) is 5.76 Å². The second kappa shape index (κ2) is 8.65. The molecule has 0 aliphatic carbocycles. The third kappa shape index (κ3) is 4.54. The highest BCUT2D eigenvalue weighted by Gasteiger charge is 2.18. The maximum absolute atomic E-state index is 12.6. The predicted molar refractivity (Wildman–Crippen MR) is 104 cm³/mol. The van der Waals surface area contributed by atoms with Crippen molar-refractivity contribution in [3.8, 4) is 11.5 Å². The summed E-state index contributed by atoms with van der Waals surface area (Å²) in [6.45, 7) is 5.25. The zero-order valence-electron chi connectivity index (χ0n) is 16.6. The summed E-state index contributed by atoms with van der Waals surface area (Å²) in [6, 6.07) is 10.8. The van der Waals surface area contributed by atoms with Crippen LogP contribution < -0.4 is 9.47 Å². The molecule has 2 heterocycles. The summed E-state index contributed by atoms with van der Waals surface area (Å²) in [5, 5.41) is 4.21. The topological polar surface area (TPSA) is 69.7 Å². The molecule has 0 aliphatic rings. The lowest BCUT2D eigenvalue weighted by Gasteiger charge is -2.15. The second-order valence-corrected chi connectivity index (χ2v) is 6.50. The number of carbonyl (C=O) groups is 1. The zero-order valence-corrected chi connectivity index (χ0v) is 16.6. The summed E-state index contributed by atoms with van der Waals surface area (Å²) in [5.41, 5.74) is 2.03. The fraction of sp³-hybridized carbons (Fsp3) is 0.333. The van der Waals surface area contributed by atoms with Gasteiger partial charge >= 0.3 is 0 Å². The average molecular weight is 383 g/mol. The van der Waals surface area contributed by atoms with Gasteiger partial charge in [-0.05, 0) is 50.2 Å². The number of hydrogen-bond donors (Lipinski definition) is 0. The van der Waals surface area contributed by atoms with Gasteiger partial charge in [0, 0.05) is 31.9 Å². The van der Waals surface area contributed by atoms with Crippen molar-refractivity contribution in [1.82, 2.24) is 14.7 Å². The number of ether oxygens (including phenoxy) is 2. The minimum atomic E-state index is -0.185. The summed E-state index contributed by atoms with van der Waals surface area (Å²) in [4.78, 5) is 14.2. The number of nitrogens with zero attached hydrogens (tertiary/aromatic N) is 3. The Labute approximate surface area is 164 Å². The van der Waals surface area contributed by atoms with Crippen LogP contribution in [0.4, 0.5) is 0 Å². The monoisotopic (exact) mass is 383 g/mol. The Kier molecular flexibility index (Phi) is 6.03. The number of aryl methyl sites for hydroxylation is 1. The Morgan fingerprint density at radius 2 is 1.82 bits per heavy atom. The van der Waals surface area contributed by atoms with Crippen molar-refractivity contribution in [2.75, 3.05) is 13.7 Å². The van der Waals surface area contributed by atoms with Crippen LogP contribution >= 0.6 is 0 Å². The lowest BCUT2D eigenvalue weighted by atomic mass is 10.2. The van der Waals surface area contributed by atoms with Gasteiger partial charge < -0.3 is 18.8 Å². The maximum atomic E-state index is 12.6. The van der Waals surface area contributed by atoms with Crippen molar-refractivity contribution in [1.29, 1.82) is 0 Å². The minimum absolute atomic E-state index is 0.185. The van der Waals surface area contributed by atoms with E-state index < -0.39 is 0 Å². The molecule has 0 saturated heterocycles. The molecule has 0 spiro atoms. The normalized spacial score (nSPS) is 10.7. The summed E-state index contributed by atoms with van der Waals surface area (Å²) >= 11 is 0. The molecule has 3 rings (SSSR count). The molecule has 0 saturated carbocycles. The standard InChI is InChI=1S/C21H25N3O4/c1-5-26-17-6-8-18(9-7-17)27-14-19-10-11-20(28-19)21(25)23(3)13-16-12-22-24(4)15(16)2/h6-12H,5,13-14H2,1-4H3. The largest absolute Gasteiger partial charge is 0.494 e. The van der Waals surface area contributed by atoms with E-state index in [9.17, 15) is 4.79 Å². The van der Waals surface area contributed by atoms with Crippen LogP contribution in [0.3, 0.4) is 0 Å². The molecule has 2 aromatic heterocycles. The summed E-state index contributed by atoms with van der Waals surface area (Å²) in [5.74, 6) is 2.19. The number of benzene rings is 1. The number of carbonyl (C=O) groups excluding carboxylic acids is 1. The van der Waals surface area contributed by atoms with Crippen molar-refractivity contribution < 1.29 is 18.7 Å². The maximum Gasteiger partial charge on any atom is 0.289 e. The Bertz CT molecular complexity index is 928. The molecule has 7 heteroatoms. The quantitative estimate of drug-likeness (QED) is 0.595. The highest BCUT2D eigenvalue weighted by atomic mass is 16.5. The van der Waals surface area contributed by atoms with E-state index in [-0.39, 0.29) is 18.3 Å². The van der Waals surface area contributed by atoms with E-state index in [1.807, 2.05) is 45.2 Å². The molecule has 0 N–H and O–H groups in total. The molecule has 0 bridgehead atoms. The van der Waals surface area contributed by atoms with Crippen LogP contribution in [0.25, 0.3) is 0 Å². The lowest BCUT2D eigenvalue weighted by molar-refractivity contribution is 0.0749. The Morgan fingerprint density at radius 3 is 2.43 bits per heavy atom. The molecule has 7 nitrogen and oxygen atoms in total.